The van der Waals surface area contributed by atoms with Crippen LogP contribution in [0.1, 0.15) is 16.8 Å². The van der Waals surface area contributed by atoms with Gasteiger partial charge in [0.05, 0.1) is 22.7 Å². The molecule has 0 aliphatic carbocycles. The Kier molecular flexibility index (Phi) is 4.85. The van der Waals surface area contributed by atoms with Gasteiger partial charge < -0.3 is 10.1 Å². The van der Waals surface area contributed by atoms with E-state index in [0.717, 1.165) is 0 Å². The van der Waals surface area contributed by atoms with Crippen molar-refractivity contribution in [1.29, 1.82) is 0 Å². The third-order valence-electron chi connectivity index (χ3n) is 3.51. The van der Waals surface area contributed by atoms with Gasteiger partial charge in [-0.05, 0) is 24.3 Å². The van der Waals surface area contributed by atoms with Crippen LogP contribution in [0.4, 0.5) is 5.69 Å². The van der Waals surface area contributed by atoms with Crippen LogP contribution in [0.2, 0.25) is 5.02 Å². The molecule has 25 heavy (non-hydrogen) atoms. The highest BCUT2D eigenvalue weighted by Crippen LogP contribution is 2.29. The van der Waals surface area contributed by atoms with Crippen LogP contribution in [0, 0.1) is 0 Å². The molecule has 0 radical (unpaired) electrons. The van der Waals surface area contributed by atoms with E-state index in [1.807, 2.05) is 0 Å². The van der Waals surface area contributed by atoms with Gasteiger partial charge in [-0.3, -0.25) is 25.2 Å². The summed E-state index contributed by atoms with van der Waals surface area (Å²) in [5, 5.41) is 2.93. The standard InChI is InChI=1S/C17H14ClN3O4/c18-11-6-2-1-5-10(11)16(23)21-20-15(22)9-14-17(24)19-12-7-3-4-8-13(12)25-14/h1-8,14H,9H2,(H,19,24)(H,20,22)(H,21,23)/t14-/m0/s1. The molecule has 8 heteroatoms. The monoisotopic (exact) mass is 359 g/mol. The molecule has 2 aromatic rings. The number of amides is 3. The van der Waals surface area contributed by atoms with Crippen molar-refractivity contribution >= 4 is 35.0 Å². The molecule has 0 saturated carbocycles. The number of hydrazine groups is 1. The van der Waals surface area contributed by atoms with Gasteiger partial charge >= 0.3 is 0 Å². The number of rotatable bonds is 3. The molecule has 1 aliphatic rings. The minimum Gasteiger partial charge on any atom is -0.478 e. The van der Waals surface area contributed by atoms with Gasteiger partial charge in [-0.15, -0.1) is 0 Å². The molecular weight excluding hydrogens is 346 g/mol. The average Bonchev–Trinajstić information content (AvgIpc) is 2.61. The van der Waals surface area contributed by atoms with Crippen LogP contribution in [0.3, 0.4) is 0 Å². The number of fused-ring (bicyclic) bond motifs is 1. The maximum absolute atomic E-state index is 12.0. The van der Waals surface area contributed by atoms with Crippen LogP contribution in [-0.2, 0) is 9.59 Å². The fourth-order valence-electron chi connectivity index (χ4n) is 2.29. The van der Waals surface area contributed by atoms with Gasteiger partial charge in [0.1, 0.15) is 5.75 Å². The number of anilines is 1. The zero-order valence-corrected chi connectivity index (χ0v) is 13.7. The van der Waals surface area contributed by atoms with Gasteiger partial charge in [0.15, 0.2) is 6.10 Å². The van der Waals surface area contributed by atoms with Gasteiger partial charge in [0.2, 0.25) is 5.91 Å². The molecule has 1 aliphatic heterocycles. The summed E-state index contributed by atoms with van der Waals surface area (Å²) < 4.78 is 5.52. The number of benzene rings is 2. The van der Waals surface area contributed by atoms with E-state index in [-0.39, 0.29) is 17.0 Å². The van der Waals surface area contributed by atoms with Crippen LogP contribution >= 0.6 is 11.6 Å². The zero-order valence-electron chi connectivity index (χ0n) is 12.9. The van der Waals surface area contributed by atoms with Gasteiger partial charge in [0.25, 0.3) is 11.8 Å². The molecule has 7 nitrogen and oxygen atoms in total. The SMILES string of the molecule is O=C(C[C@@H]1Oc2ccccc2NC1=O)NNC(=O)c1ccccc1Cl. The largest absolute Gasteiger partial charge is 0.478 e. The number of hydrogen-bond acceptors (Lipinski definition) is 4. The third-order valence-corrected chi connectivity index (χ3v) is 3.84. The smallest absolute Gasteiger partial charge is 0.271 e. The number of hydrogen-bond donors (Lipinski definition) is 3. The number of halogens is 1. The van der Waals surface area contributed by atoms with Crippen molar-refractivity contribution in [3.8, 4) is 5.75 Å². The molecule has 0 aromatic heterocycles. The van der Waals surface area contributed by atoms with Crippen LogP contribution in [0.15, 0.2) is 48.5 Å². The summed E-state index contributed by atoms with van der Waals surface area (Å²) in [7, 11) is 0. The van der Waals surface area contributed by atoms with E-state index in [9.17, 15) is 14.4 Å². The maximum Gasteiger partial charge on any atom is 0.271 e. The van der Waals surface area contributed by atoms with Crippen LogP contribution in [0.25, 0.3) is 0 Å². The van der Waals surface area contributed by atoms with E-state index < -0.39 is 23.8 Å². The van der Waals surface area contributed by atoms with E-state index in [1.54, 1.807) is 42.5 Å². The Hall–Kier alpha value is -3.06. The van der Waals surface area contributed by atoms with Gasteiger partial charge in [-0.2, -0.15) is 0 Å². The second kappa shape index (κ2) is 7.23. The predicted molar refractivity (Wildman–Crippen MR) is 91.2 cm³/mol. The Bertz CT molecular complexity index is 840. The number of ether oxygens (including phenoxy) is 1. The van der Waals surface area contributed by atoms with Crippen molar-refractivity contribution in [2.24, 2.45) is 0 Å². The topological polar surface area (TPSA) is 96.5 Å². The molecule has 1 atom stereocenters. The van der Waals surface area contributed by atoms with E-state index in [0.29, 0.717) is 11.4 Å². The number of nitrogens with one attached hydrogen (secondary N) is 3. The normalized spacial score (nSPS) is 15.4. The molecule has 1 heterocycles. The second-order valence-electron chi connectivity index (χ2n) is 5.28. The Morgan fingerprint density at radius 1 is 1.08 bits per heavy atom. The Morgan fingerprint density at radius 2 is 1.80 bits per heavy atom. The first-order valence-electron chi connectivity index (χ1n) is 7.45. The second-order valence-corrected chi connectivity index (χ2v) is 5.69. The number of carbonyl (C=O) groups is 3. The third kappa shape index (κ3) is 3.89. The lowest BCUT2D eigenvalue weighted by molar-refractivity contribution is -0.130. The van der Waals surface area contributed by atoms with Gasteiger partial charge in [-0.1, -0.05) is 35.9 Å². The van der Waals surface area contributed by atoms with Crippen molar-refractivity contribution in [2.45, 2.75) is 12.5 Å². The molecule has 128 valence electrons. The van der Waals surface area contributed by atoms with Crippen LogP contribution in [0.5, 0.6) is 5.75 Å². The summed E-state index contributed by atoms with van der Waals surface area (Å²) in [6, 6.07) is 13.4. The summed E-state index contributed by atoms with van der Waals surface area (Å²) in [5.41, 5.74) is 5.27. The predicted octanol–water partition coefficient (Wildman–Crippen LogP) is 1.89. The highest BCUT2D eigenvalue weighted by Gasteiger charge is 2.29. The highest BCUT2D eigenvalue weighted by atomic mass is 35.5. The molecule has 0 spiro atoms. The summed E-state index contributed by atoms with van der Waals surface area (Å²) in [6.07, 6.45) is -1.23. The highest BCUT2D eigenvalue weighted by molar-refractivity contribution is 6.33. The number of carbonyl (C=O) groups excluding carboxylic acids is 3. The number of para-hydroxylation sites is 2. The van der Waals surface area contributed by atoms with E-state index >= 15 is 0 Å². The van der Waals surface area contributed by atoms with Crippen molar-refractivity contribution in [1.82, 2.24) is 10.9 Å². The maximum atomic E-state index is 12.0. The molecule has 0 saturated heterocycles. The Morgan fingerprint density at radius 3 is 2.60 bits per heavy atom. The van der Waals surface area contributed by atoms with Crippen LogP contribution in [-0.4, -0.2) is 23.8 Å². The molecule has 0 unspecified atom stereocenters. The Labute approximate surface area is 148 Å². The van der Waals surface area contributed by atoms with Gasteiger partial charge in [-0.25, -0.2) is 0 Å². The van der Waals surface area contributed by atoms with E-state index in [1.165, 1.54) is 6.07 Å². The molecule has 3 rings (SSSR count). The van der Waals surface area contributed by atoms with E-state index in [2.05, 4.69) is 16.2 Å². The quantitative estimate of drug-likeness (QED) is 0.729. The molecule has 2 aromatic carbocycles. The minimum atomic E-state index is -0.980. The molecular formula is C17H14ClN3O4. The first-order chi connectivity index (χ1) is 12.0. The fraction of sp³-hybridized carbons (Fsp3) is 0.118. The summed E-state index contributed by atoms with van der Waals surface area (Å²) in [4.78, 5) is 35.9. The van der Waals surface area contributed by atoms with Gasteiger partial charge in [0, 0.05) is 0 Å². The molecule has 3 amide bonds. The van der Waals surface area contributed by atoms with E-state index in [4.69, 9.17) is 16.3 Å². The van der Waals surface area contributed by atoms with Crippen molar-refractivity contribution in [3.63, 3.8) is 0 Å². The Balaban J connectivity index is 1.56. The molecule has 0 bridgehead atoms. The first-order valence-corrected chi connectivity index (χ1v) is 7.82. The fourth-order valence-corrected chi connectivity index (χ4v) is 2.51. The summed E-state index contributed by atoms with van der Waals surface area (Å²) >= 11 is 5.91. The summed E-state index contributed by atoms with van der Waals surface area (Å²) in [6.45, 7) is 0. The molecule has 3 N–H and O–H groups in total. The first kappa shape index (κ1) is 16.8. The lowest BCUT2D eigenvalue weighted by atomic mass is 10.1. The van der Waals surface area contributed by atoms with Crippen molar-refractivity contribution in [3.05, 3.63) is 59.1 Å². The lowest BCUT2D eigenvalue weighted by Crippen LogP contribution is -2.46. The lowest BCUT2D eigenvalue weighted by Gasteiger charge is -2.25. The van der Waals surface area contributed by atoms with Crippen molar-refractivity contribution < 1.29 is 19.1 Å². The average molecular weight is 360 g/mol. The zero-order chi connectivity index (χ0) is 17.8. The minimum absolute atomic E-state index is 0.227. The van der Waals surface area contributed by atoms with Crippen LogP contribution < -0.4 is 20.9 Å². The van der Waals surface area contributed by atoms with Crippen molar-refractivity contribution in [2.75, 3.05) is 5.32 Å². The molecule has 0 fully saturated rings. The summed E-state index contributed by atoms with van der Waals surface area (Å²) in [5.74, 6) is -1.07.